The summed E-state index contributed by atoms with van der Waals surface area (Å²) in [5.41, 5.74) is 7.05. The fourth-order valence-electron chi connectivity index (χ4n) is 2.60. The van der Waals surface area contributed by atoms with Crippen LogP contribution in [0.1, 0.15) is 18.9 Å². The van der Waals surface area contributed by atoms with Crippen LogP contribution in [-0.4, -0.2) is 50.3 Å². The lowest BCUT2D eigenvalue weighted by molar-refractivity contribution is 0.144. The Hall–Kier alpha value is -1.11. The van der Waals surface area contributed by atoms with Gasteiger partial charge in [0.25, 0.3) is 0 Å². The number of hydrogen-bond acceptors (Lipinski definition) is 4. The molecule has 0 radical (unpaired) electrons. The third-order valence-corrected chi connectivity index (χ3v) is 5.72. The van der Waals surface area contributed by atoms with E-state index in [1.54, 1.807) is 28.6 Å². The van der Waals surface area contributed by atoms with Crippen molar-refractivity contribution in [1.29, 1.82) is 0 Å². The van der Waals surface area contributed by atoms with E-state index < -0.39 is 10.0 Å². The maximum atomic E-state index is 12.5. The molecule has 6 heteroatoms. The first-order valence-electron chi connectivity index (χ1n) is 6.95. The first-order chi connectivity index (χ1) is 9.42. The van der Waals surface area contributed by atoms with Gasteiger partial charge in [-0.2, -0.15) is 4.31 Å². The highest BCUT2D eigenvalue weighted by molar-refractivity contribution is 7.88. The number of likely N-dealkylation sites (N-methyl/N-ethyl adjacent to an activating group) is 1. The number of nitrogen functional groups attached to an aromatic ring is 1. The van der Waals surface area contributed by atoms with E-state index in [0.29, 0.717) is 24.8 Å². The predicted octanol–water partition coefficient (Wildman–Crippen LogP) is 1.12. The Labute approximate surface area is 121 Å². The second-order valence-electron chi connectivity index (χ2n) is 5.40. The van der Waals surface area contributed by atoms with Crippen LogP contribution in [0.5, 0.6) is 0 Å². The number of anilines is 1. The molecule has 1 aliphatic heterocycles. The first-order valence-corrected chi connectivity index (χ1v) is 8.56. The van der Waals surface area contributed by atoms with Crippen LogP contribution in [0.3, 0.4) is 0 Å². The summed E-state index contributed by atoms with van der Waals surface area (Å²) in [6.07, 6.45) is 0.959. The molecule has 0 saturated carbocycles. The third kappa shape index (κ3) is 3.50. The topological polar surface area (TPSA) is 66.6 Å². The molecule has 0 spiro atoms. The number of nitrogens with zero attached hydrogens (tertiary/aromatic N) is 2. The molecule has 2 rings (SSSR count). The number of nitrogens with two attached hydrogens (primary N) is 1. The van der Waals surface area contributed by atoms with Gasteiger partial charge in [-0.25, -0.2) is 8.42 Å². The summed E-state index contributed by atoms with van der Waals surface area (Å²) in [6, 6.07) is 7.39. The monoisotopic (exact) mass is 297 g/mol. The summed E-state index contributed by atoms with van der Waals surface area (Å²) in [4.78, 5) is 2.23. The van der Waals surface area contributed by atoms with Crippen LogP contribution >= 0.6 is 0 Å². The molecule has 0 aromatic heterocycles. The highest BCUT2D eigenvalue weighted by Crippen LogP contribution is 2.18. The van der Waals surface area contributed by atoms with Gasteiger partial charge in [0.2, 0.25) is 10.0 Å². The summed E-state index contributed by atoms with van der Waals surface area (Å²) >= 11 is 0. The van der Waals surface area contributed by atoms with E-state index in [4.69, 9.17) is 5.73 Å². The molecular weight excluding hydrogens is 274 g/mol. The molecule has 1 unspecified atom stereocenters. The summed E-state index contributed by atoms with van der Waals surface area (Å²) in [5, 5.41) is 0. The van der Waals surface area contributed by atoms with Gasteiger partial charge in [0.05, 0.1) is 5.75 Å². The van der Waals surface area contributed by atoms with Crippen LogP contribution in [0, 0.1) is 0 Å². The second kappa shape index (κ2) is 6.11. The van der Waals surface area contributed by atoms with Crippen molar-refractivity contribution in [2.24, 2.45) is 0 Å². The largest absolute Gasteiger partial charge is 0.399 e. The van der Waals surface area contributed by atoms with Gasteiger partial charge < -0.3 is 10.6 Å². The minimum Gasteiger partial charge on any atom is -0.399 e. The summed E-state index contributed by atoms with van der Waals surface area (Å²) < 4.78 is 26.6. The van der Waals surface area contributed by atoms with Crippen molar-refractivity contribution in [3.05, 3.63) is 29.8 Å². The Bertz CT molecular complexity index is 559. The van der Waals surface area contributed by atoms with E-state index in [9.17, 15) is 8.42 Å². The lowest BCUT2D eigenvalue weighted by Gasteiger charge is -2.38. The Morgan fingerprint density at radius 3 is 2.75 bits per heavy atom. The van der Waals surface area contributed by atoms with E-state index >= 15 is 0 Å². The minimum absolute atomic E-state index is 0.0260. The van der Waals surface area contributed by atoms with Gasteiger partial charge in [0.15, 0.2) is 0 Å². The van der Waals surface area contributed by atoms with Crippen LogP contribution in [0.25, 0.3) is 0 Å². The standard InChI is InChI=1S/C14H23N3O2S/c1-3-14-10-17(8-7-16(14)2)20(18,19)11-12-5-4-6-13(15)9-12/h4-6,9,14H,3,7-8,10-11,15H2,1-2H3. The van der Waals surface area contributed by atoms with Gasteiger partial charge in [0.1, 0.15) is 0 Å². The van der Waals surface area contributed by atoms with Gasteiger partial charge in [0, 0.05) is 31.4 Å². The van der Waals surface area contributed by atoms with Crippen molar-refractivity contribution < 1.29 is 8.42 Å². The van der Waals surface area contributed by atoms with Crippen molar-refractivity contribution in [2.45, 2.75) is 25.1 Å². The van der Waals surface area contributed by atoms with Crippen LogP contribution in [0.2, 0.25) is 0 Å². The zero-order valence-electron chi connectivity index (χ0n) is 12.1. The molecule has 0 amide bonds. The van der Waals surface area contributed by atoms with Crippen molar-refractivity contribution >= 4 is 15.7 Å². The van der Waals surface area contributed by atoms with Gasteiger partial charge in [-0.1, -0.05) is 19.1 Å². The molecule has 2 N–H and O–H groups in total. The Balaban J connectivity index is 2.10. The number of hydrogen-bond donors (Lipinski definition) is 1. The average molecular weight is 297 g/mol. The molecule has 1 fully saturated rings. The zero-order chi connectivity index (χ0) is 14.8. The summed E-state index contributed by atoms with van der Waals surface area (Å²) in [5.74, 6) is 0.0260. The Morgan fingerprint density at radius 1 is 1.35 bits per heavy atom. The van der Waals surface area contributed by atoms with Crippen molar-refractivity contribution in [2.75, 3.05) is 32.4 Å². The molecule has 0 aliphatic carbocycles. The number of rotatable bonds is 4. The molecule has 1 aromatic carbocycles. The maximum absolute atomic E-state index is 12.5. The fraction of sp³-hybridized carbons (Fsp3) is 0.571. The van der Waals surface area contributed by atoms with Gasteiger partial charge >= 0.3 is 0 Å². The normalized spacial score (nSPS) is 22.0. The molecule has 1 heterocycles. The lowest BCUT2D eigenvalue weighted by Crippen LogP contribution is -2.53. The van der Waals surface area contributed by atoms with Crippen LogP contribution in [0.4, 0.5) is 5.69 Å². The SMILES string of the molecule is CCC1CN(S(=O)(=O)Cc2cccc(N)c2)CCN1C. The molecule has 1 saturated heterocycles. The zero-order valence-corrected chi connectivity index (χ0v) is 12.9. The minimum atomic E-state index is -3.27. The lowest BCUT2D eigenvalue weighted by atomic mass is 10.1. The summed E-state index contributed by atoms with van der Waals surface area (Å²) in [6.45, 7) is 4.03. The van der Waals surface area contributed by atoms with Crippen molar-refractivity contribution in [3.63, 3.8) is 0 Å². The van der Waals surface area contributed by atoms with E-state index in [1.807, 2.05) is 0 Å². The smallest absolute Gasteiger partial charge is 0.218 e. The maximum Gasteiger partial charge on any atom is 0.218 e. The highest BCUT2D eigenvalue weighted by Gasteiger charge is 2.30. The molecule has 5 nitrogen and oxygen atoms in total. The van der Waals surface area contributed by atoms with Crippen LogP contribution in [0.15, 0.2) is 24.3 Å². The Kier molecular flexibility index (Phi) is 4.67. The fourth-order valence-corrected chi connectivity index (χ4v) is 4.14. The highest BCUT2D eigenvalue weighted by atomic mass is 32.2. The molecule has 1 atom stereocenters. The van der Waals surface area contributed by atoms with E-state index in [0.717, 1.165) is 18.5 Å². The molecular formula is C14H23N3O2S. The first kappa shape index (κ1) is 15.3. The van der Waals surface area contributed by atoms with E-state index in [1.165, 1.54) is 0 Å². The summed E-state index contributed by atoms with van der Waals surface area (Å²) in [7, 11) is -1.22. The van der Waals surface area contributed by atoms with E-state index in [2.05, 4.69) is 18.9 Å². The van der Waals surface area contributed by atoms with E-state index in [-0.39, 0.29) is 5.75 Å². The van der Waals surface area contributed by atoms with Crippen LogP contribution in [-0.2, 0) is 15.8 Å². The quantitative estimate of drug-likeness (QED) is 0.846. The molecule has 112 valence electrons. The number of benzene rings is 1. The average Bonchev–Trinajstić information content (AvgIpc) is 2.38. The molecule has 0 bridgehead atoms. The number of sulfonamides is 1. The number of piperazine rings is 1. The second-order valence-corrected chi connectivity index (χ2v) is 7.37. The van der Waals surface area contributed by atoms with Crippen molar-refractivity contribution in [1.82, 2.24) is 9.21 Å². The molecule has 1 aliphatic rings. The Morgan fingerprint density at radius 2 is 2.10 bits per heavy atom. The molecule has 20 heavy (non-hydrogen) atoms. The predicted molar refractivity (Wildman–Crippen MR) is 81.8 cm³/mol. The van der Waals surface area contributed by atoms with Gasteiger partial charge in [-0.15, -0.1) is 0 Å². The van der Waals surface area contributed by atoms with Gasteiger partial charge in [-0.05, 0) is 31.2 Å². The molecule has 1 aromatic rings. The van der Waals surface area contributed by atoms with Crippen LogP contribution < -0.4 is 5.73 Å². The van der Waals surface area contributed by atoms with Gasteiger partial charge in [-0.3, -0.25) is 0 Å². The third-order valence-electron chi connectivity index (χ3n) is 3.90. The van der Waals surface area contributed by atoms with Crippen molar-refractivity contribution in [3.8, 4) is 0 Å².